The summed E-state index contributed by atoms with van der Waals surface area (Å²) in [4.78, 5) is 20.1. The normalized spacial score (nSPS) is 10.9. The quantitative estimate of drug-likeness (QED) is 0.766. The lowest BCUT2D eigenvalue weighted by Crippen LogP contribution is -2.23. The van der Waals surface area contributed by atoms with E-state index in [0.29, 0.717) is 13.1 Å². The van der Waals surface area contributed by atoms with E-state index in [9.17, 15) is 4.79 Å². The molecule has 2 aromatic rings. The molecule has 0 fully saturated rings. The van der Waals surface area contributed by atoms with Gasteiger partial charge in [-0.1, -0.05) is 6.07 Å². The van der Waals surface area contributed by atoms with E-state index in [1.807, 2.05) is 24.1 Å². The third-order valence-electron chi connectivity index (χ3n) is 2.22. The minimum absolute atomic E-state index is 0.0491. The van der Waals surface area contributed by atoms with Crippen LogP contribution in [0.5, 0.6) is 0 Å². The smallest absolute Gasteiger partial charge is 0.252 e. The molecule has 0 amide bonds. The molecule has 6 heteroatoms. The van der Waals surface area contributed by atoms with Gasteiger partial charge in [0.2, 0.25) is 0 Å². The molecule has 2 heterocycles. The Morgan fingerprint density at radius 1 is 1.44 bits per heavy atom. The molecule has 0 aliphatic heterocycles. The third kappa shape index (κ3) is 2.54. The maximum atomic E-state index is 11.4. The van der Waals surface area contributed by atoms with Gasteiger partial charge in [0.15, 0.2) is 0 Å². The fraction of sp³-hybridized carbons (Fsp3) is 0.300. The molecule has 0 saturated carbocycles. The summed E-state index contributed by atoms with van der Waals surface area (Å²) in [5.74, 6) is 0.787. The van der Waals surface area contributed by atoms with Crippen LogP contribution in [0.3, 0.4) is 0 Å². The lowest BCUT2D eigenvalue weighted by molar-refractivity contribution is 0.309. The maximum absolute atomic E-state index is 11.4. The summed E-state index contributed by atoms with van der Waals surface area (Å²) < 4.78 is 0. The summed E-state index contributed by atoms with van der Waals surface area (Å²) >= 11 is 0. The topological polar surface area (TPSA) is 77.7 Å². The van der Waals surface area contributed by atoms with Gasteiger partial charge in [0.25, 0.3) is 5.56 Å². The molecule has 0 saturated heterocycles. The molecule has 0 radical (unpaired) electrons. The minimum Gasteiger partial charge on any atom is -0.329 e. The first kappa shape index (κ1) is 10.6. The Bertz CT molecular complexity index is 490. The zero-order chi connectivity index (χ0) is 11.4. The lowest BCUT2D eigenvalue weighted by atomic mass is 10.2. The maximum Gasteiger partial charge on any atom is 0.252 e. The molecule has 0 aromatic carbocycles. The standard InChI is InChI=1S/C10H13N5O/c1-15(6-9-12-7-13-14-9)5-8-3-2-4-11-10(8)16/h2-4,7H,5-6H2,1H3,(H,11,16)(H,12,13,14). The Morgan fingerprint density at radius 2 is 2.31 bits per heavy atom. The van der Waals surface area contributed by atoms with E-state index in [2.05, 4.69) is 20.2 Å². The number of hydrogen-bond acceptors (Lipinski definition) is 4. The molecular formula is C10H13N5O. The fourth-order valence-corrected chi connectivity index (χ4v) is 1.49. The zero-order valence-corrected chi connectivity index (χ0v) is 8.97. The van der Waals surface area contributed by atoms with Gasteiger partial charge in [-0.05, 0) is 13.1 Å². The molecule has 2 aromatic heterocycles. The van der Waals surface area contributed by atoms with E-state index in [-0.39, 0.29) is 5.56 Å². The van der Waals surface area contributed by atoms with E-state index in [1.54, 1.807) is 6.20 Å². The summed E-state index contributed by atoms with van der Waals surface area (Å²) in [5, 5.41) is 6.55. The van der Waals surface area contributed by atoms with Crippen LogP contribution >= 0.6 is 0 Å². The minimum atomic E-state index is -0.0491. The number of aromatic nitrogens is 4. The van der Waals surface area contributed by atoms with Crippen molar-refractivity contribution >= 4 is 0 Å². The van der Waals surface area contributed by atoms with Gasteiger partial charge in [-0.3, -0.25) is 14.8 Å². The fourth-order valence-electron chi connectivity index (χ4n) is 1.49. The average Bonchev–Trinajstić information content (AvgIpc) is 2.74. The Labute approximate surface area is 92.3 Å². The Kier molecular flexibility index (Phi) is 3.11. The summed E-state index contributed by atoms with van der Waals surface area (Å²) in [6.07, 6.45) is 3.10. The van der Waals surface area contributed by atoms with Gasteiger partial charge in [0.1, 0.15) is 12.2 Å². The molecule has 16 heavy (non-hydrogen) atoms. The predicted octanol–water partition coefficient (Wildman–Crippen LogP) is 0.125. The zero-order valence-electron chi connectivity index (χ0n) is 8.97. The van der Waals surface area contributed by atoms with Gasteiger partial charge in [0.05, 0.1) is 6.54 Å². The van der Waals surface area contributed by atoms with E-state index >= 15 is 0 Å². The second-order valence-electron chi connectivity index (χ2n) is 3.63. The molecule has 84 valence electrons. The molecule has 0 aliphatic rings. The highest BCUT2D eigenvalue weighted by Gasteiger charge is 2.05. The number of aromatic amines is 2. The van der Waals surface area contributed by atoms with E-state index < -0.39 is 0 Å². The van der Waals surface area contributed by atoms with Crippen LogP contribution in [0.2, 0.25) is 0 Å². The van der Waals surface area contributed by atoms with Crippen LogP contribution in [0.4, 0.5) is 0 Å². The van der Waals surface area contributed by atoms with Crippen molar-refractivity contribution in [3.8, 4) is 0 Å². The van der Waals surface area contributed by atoms with Crippen LogP contribution in [0.1, 0.15) is 11.4 Å². The van der Waals surface area contributed by atoms with Gasteiger partial charge in [-0.25, -0.2) is 4.98 Å². The molecule has 0 atom stereocenters. The Hall–Kier alpha value is -1.95. The van der Waals surface area contributed by atoms with Crippen LogP contribution < -0.4 is 5.56 Å². The molecular weight excluding hydrogens is 206 g/mol. The highest BCUT2D eigenvalue weighted by Crippen LogP contribution is 2.00. The van der Waals surface area contributed by atoms with E-state index in [1.165, 1.54) is 6.33 Å². The summed E-state index contributed by atoms with van der Waals surface area (Å²) in [7, 11) is 1.93. The first-order chi connectivity index (χ1) is 7.75. The van der Waals surface area contributed by atoms with Crippen LogP contribution in [-0.4, -0.2) is 32.1 Å². The van der Waals surface area contributed by atoms with Crippen LogP contribution in [0.25, 0.3) is 0 Å². The monoisotopic (exact) mass is 219 g/mol. The third-order valence-corrected chi connectivity index (χ3v) is 2.22. The highest BCUT2D eigenvalue weighted by atomic mass is 16.1. The van der Waals surface area contributed by atoms with E-state index in [4.69, 9.17) is 0 Å². The first-order valence-electron chi connectivity index (χ1n) is 4.95. The molecule has 0 bridgehead atoms. The molecule has 2 rings (SSSR count). The van der Waals surface area contributed by atoms with Crippen molar-refractivity contribution in [2.75, 3.05) is 7.05 Å². The van der Waals surface area contributed by atoms with Crippen LogP contribution in [-0.2, 0) is 13.1 Å². The number of pyridine rings is 1. The molecule has 0 aliphatic carbocycles. The van der Waals surface area contributed by atoms with Gasteiger partial charge in [-0.15, -0.1) is 0 Å². The summed E-state index contributed by atoms with van der Waals surface area (Å²) in [6.45, 7) is 1.21. The average molecular weight is 219 g/mol. The van der Waals surface area contributed by atoms with Gasteiger partial charge < -0.3 is 4.98 Å². The SMILES string of the molecule is CN(Cc1ncn[nH]1)Cc1ccc[nH]c1=O. The number of H-pyrrole nitrogens is 2. The van der Waals surface area contributed by atoms with Crippen molar-refractivity contribution in [3.63, 3.8) is 0 Å². The van der Waals surface area contributed by atoms with Crippen molar-refractivity contribution in [2.45, 2.75) is 13.1 Å². The molecule has 2 N–H and O–H groups in total. The van der Waals surface area contributed by atoms with Crippen molar-refractivity contribution in [1.29, 1.82) is 0 Å². The largest absolute Gasteiger partial charge is 0.329 e. The Balaban J connectivity index is 2.00. The van der Waals surface area contributed by atoms with Crippen molar-refractivity contribution in [3.05, 3.63) is 46.4 Å². The first-order valence-corrected chi connectivity index (χ1v) is 4.95. The van der Waals surface area contributed by atoms with E-state index in [0.717, 1.165) is 11.4 Å². The van der Waals surface area contributed by atoms with Gasteiger partial charge in [-0.2, -0.15) is 5.10 Å². The lowest BCUT2D eigenvalue weighted by Gasteiger charge is -2.13. The highest BCUT2D eigenvalue weighted by molar-refractivity contribution is 5.08. The van der Waals surface area contributed by atoms with Crippen LogP contribution in [0, 0.1) is 0 Å². The Morgan fingerprint density at radius 3 is 3.00 bits per heavy atom. The second-order valence-corrected chi connectivity index (χ2v) is 3.63. The second kappa shape index (κ2) is 4.71. The predicted molar refractivity (Wildman–Crippen MR) is 58.6 cm³/mol. The summed E-state index contributed by atoms with van der Waals surface area (Å²) in [6, 6.07) is 3.63. The van der Waals surface area contributed by atoms with Crippen LogP contribution in [0.15, 0.2) is 29.5 Å². The van der Waals surface area contributed by atoms with Crippen molar-refractivity contribution in [1.82, 2.24) is 25.1 Å². The van der Waals surface area contributed by atoms with Crippen molar-refractivity contribution in [2.24, 2.45) is 0 Å². The van der Waals surface area contributed by atoms with Gasteiger partial charge in [0, 0.05) is 18.3 Å². The van der Waals surface area contributed by atoms with Crippen molar-refractivity contribution < 1.29 is 0 Å². The number of nitrogens with zero attached hydrogens (tertiary/aromatic N) is 3. The molecule has 0 spiro atoms. The number of hydrogen-bond donors (Lipinski definition) is 2. The number of rotatable bonds is 4. The number of nitrogens with one attached hydrogen (secondary N) is 2. The molecule has 6 nitrogen and oxygen atoms in total. The van der Waals surface area contributed by atoms with Gasteiger partial charge >= 0.3 is 0 Å². The molecule has 0 unspecified atom stereocenters. The summed E-state index contributed by atoms with van der Waals surface area (Å²) in [5.41, 5.74) is 0.691.